The number of thioether (sulfide) groups is 1. The number of aryl methyl sites for hydroxylation is 1. The van der Waals surface area contributed by atoms with Gasteiger partial charge in [-0.05, 0) is 18.6 Å². The molecule has 1 N–H and O–H groups in total. The highest BCUT2D eigenvalue weighted by molar-refractivity contribution is 7.99. The first-order valence-corrected chi connectivity index (χ1v) is 6.29. The Morgan fingerprint density at radius 3 is 3.07 bits per heavy atom. The molecule has 0 radical (unpaired) electrons. The monoisotopic (exact) mass is 222 g/mol. The van der Waals surface area contributed by atoms with Gasteiger partial charge in [0.15, 0.2) is 0 Å². The largest absolute Gasteiger partial charge is 0.312 e. The summed E-state index contributed by atoms with van der Waals surface area (Å²) in [5.41, 5.74) is 2.31. The molecule has 0 atom stereocenters. The second kappa shape index (κ2) is 7.49. The van der Waals surface area contributed by atoms with Crippen molar-refractivity contribution in [1.82, 2.24) is 10.3 Å². The van der Waals surface area contributed by atoms with Crippen LogP contribution in [0.2, 0.25) is 0 Å². The quantitative estimate of drug-likeness (QED) is 0.566. The van der Waals surface area contributed by atoms with Crippen molar-refractivity contribution in [1.29, 1.82) is 0 Å². The van der Waals surface area contributed by atoms with Gasteiger partial charge in [0.25, 0.3) is 0 Å². The Bertz CT molecular complexity index is 282. The Morgan fingerprint density at radius 2 is 2.40 bits per heavy atom. The molecule has 0 bridgehead atoms. The van der Waals surface area contributed by atoms with E-state index in [2.05, 4.69) is 22.9 Å². The summed E-state index contributed by atoms with van der Waals surface area (Å²) < 4.78 is 0. The van der Waals surface area contributed by atoms with Gasteiger partial charge in [-0.25, -0.2) is 0 Å². The third-order valence-electron chi connectivity index (χ3n) is 1.96. The zero-order valence-electron chi connectivity index (χ0n) is 9.20. The van der Waals surface area contributed by atoms with Gasteiger partial charge in [-0.15, -0.1) is 6.58 Å². The average molecular weight is 222 g/mol. The summed E-state index contributed by atoms with van der Waals surface area (Å²) in [6.07, 6.45) is 3.87. The Balaban J connectivity index is 2.09. The molecule has 0 saturated carbocycles. The van der Waals surface area contributed by atoms with Crippen molar-refractivity contribution in [3.8, 4) is 0 Å². The summed E-state index contributed by atoms with van der Waals surface area (Å²) in [5.74, 6) is 2.17. The molecule has 1 aromatic rings. The molecule has 0 aliphatic rings. The van der Waals surface area contributed by atoms with Gasteiger partial charge in [-0.1, -0.05) is 12.1 Å². The van der Waals surface area contributed by atoms with Gasteiger partial charge in [-0.3, -0.25) is 4.98 Å². The predicted molar refractivity (Wildman–Crippen MR) is 68.2 cm³/mol. The van der Waals surface area contributed by atoms with E-state index in [-0.39, 0.29) is 0 Å². The molecule has 2 nitrogen and oxygen atoms in total. The number of pyridine rings is 1. The van der Waals surface area contributed by atoms with Crippen LogP contribution in [-0.4, -0.2) is 23.0 Å². The van der Waals surface area contributed by atoms with Gasteiger partial charge in [-0.2, -0.15) is 11.8 Å². The van der Waals surface area contributed by atoms with Crippen LogP contribution < -0.4 is 5.32 Å². The van der Waals surface area contributed by atoms with Crippen molar-refractivity contribution in [3.63, 3.8) is 0 Å². The van der Waals surface area contributed by atoms with Crippen LogP contribution in [0.25, 0.3) is 0 Å². The standard InChI is InChI=1S/C12H18N2S/c1-3-7-15-8-6-13-9-12-5-4-11(2)14-10-12/h3-5,10,13H,1,6-9H2,2H3. The second-order valence-electron chi connectivity index (χ2n) is 3.35. The Labute approximate surface area is 96.2 Å². The third-order valence-corrected chi connectivity index (χ3v) is 2.92. The number of hydrogen-bond donors (Lipinski definition) is 1. The van der Waals surface area contributed by atoms with Crippen molar-refractivity contribution in [3.05, 3.63) is 42.2 Å². The first kappa shape index (κ1) is 12.3. The molecule has 1 rings (SSSR count). The lowest BCUT2D eigenvalue weighted by Gasteiger charge is -2.04. The van der Waals surface area contributed by atoms with Gasteiger partial charge in [0.1, 0.15) is 0 Å². The van der Waals surface area contributed by atoms with E-state index in [0.29, 0.717) is 0 Å². The van der Waals surface area contributed by atoms with Gasteiger partial charge >= 0.3 is 0 Å². The molecule has 82 valence electrons. The Morgan fingerprint density at radius 1 is 1.53 bits per heavy atom. The fraction of sp³-hybridized carbons (Fsp3) is 0.417. The molecule has 1 heterocycles. The van der Waals surface area contributed by atoms with Gasteiger partial charge < -0.3 is 5.32 Å². The van der Waals surface area contributed by atoms with E-state index in [0.717, 1.165) is 30.3 Å². The van der Waals surface area contributed by atoms with E-state index >= 15 is 0 Å². The molecule has 15 heavy (non-hydrogen) atoms. The number of nitrogens with one attached hydrogen (secondary N) is 1. The minimum absolute atomic E-state index is 0.905. The van der Waals surface area contributed by atoms with Crippen LogP contribution in [0.5, 0.6) is 0 Å². The van der Waals surface area contributed by atoms with Crippen molar-refractivity contribution in [2.24, 2.45) is 0 Å². The third kappa shape index (κ3) is 5.60. The van der Waals surface area contributed by atoms with Crippen LogP contribution in [0, 0.1) is 6.92 Å². The van der Waals surface area contributed by atoms with E-state index < -0.39 is 0 Å². The van der Waals surface area contributed by atoms with Gasteiger partial charge in [0.2, 0.25) is 0 Å². The molecule has 0 aromatic carbocycles. The lowest BCUT2D eigenvalue weighted by molar-refractivity contribution is 0.729. The molecule has 0 amide bonds. The fourth-order valence-corrected chi connectivity index (χ4v) is 1.77. The van der Waals surface area contributed by atoms with E-state index in [1.165, 1.54) is 5.56 Å². The molecule has 0 aliphatic carbocycles. The van der Waals surface area contributed by atoms with E-state index in [9.17, 15) is 0 Å². The van der Waals surface area contributed by atoms with Crippen LogP contribution >= 0.6 is 11.8 Å². The lowest BCUT2D eigenvalue weighted by atomic mass is 10.2. The number of rotatable bonds is 7. The van der Waals surface area contributed by atoms with E-state index in [4.69, 9.17) is 0 Å². The topological polar surface area (TPSA) is 24.9 Å². The first-order chi connectivity index (χ1) is 7.33. The SMILES string of the molecule is C=CCSCCNCc1ccc(C)nc1. The summed E-state index contributed by atoms with van der Waals surface area (Å²) in [6, 6.07) is 4.16. The minimum atomic E-state index is 0.905. The van der Waals surface area contributed by atoms with Crippen molar-refractivity contribution < 1.29 is 0 Å². The smallest absolute Gasteiger partial charge is 0.0372 e. The van der Waals surface area contributed by atoms with Crippen molar-refractivity contribution >= 4 is 11.8 Å². The molecule has 0 spiro atoms. The first-order valence-electron chi connectivity index (χ1n) is 5.14. The maximum absolute atomic E-state index is 4.25. The molecular weight excluding hydrogens is 204 g/mol. The Kier molecular flexibility index (Phi) is 6.12. The molecule has 1 aromatic heterocycles. The zero-order chi connectivity index (χ0) is 10.9. The Hall–Kier alpha value is -0.800. The van der Waals surface area contributed by atoms with Gasteiger partial charge in [0.05, 0.1) is 0 Å². The van der Waals surface area contributed by atoms with Gasteiger partial charge in [0, 0.05) is 36.5 Å². The lowest BCUT2D eigenvalue weighted by Crippen LogP contribution is -2.16. The van der Waals surface area contributed by atoms with Crippen molar-refractivity contribution in [2.45, 2.75) is 13.5 Å². The van der Waals surface area contributed by atoms with Crippen molar-refractivity contribution in [2.75, 3.05) is 18.1 Å². The van der Waals surface area contributed by atoms with Crippen LogP contribution in [0.3, 0.4) is 0 Å². The summed E-state index contributed by atoms with van der Waals surface area (Å²) >= 11 is 1.89. The summed E-state index contributed by atoms with van der Waals surface area (Å²) in [5, 5.41) is 3.38. The summed E-state index contributed by atoms with van der Waals surface area (Å²) in [7, 11) is 0. The fourth-order valence-electron chi connectivity index (χ4n) is 1.15. The highest BCUT2D eigenvalue weighted by Crippen LogP contribution is 2.00. The summed E-state index contributed by atoms with van der Waals surface area (Å²) in [6.45, 7) is 7.63. The summed E-state index contributed by atoms with van der Waals surface area (Å²) in [4.78, 5) is 4.25. The highest BCUT2D eigenvalue weighted by atomic mass is 32.2. The number of hydrogen-bond acceptors (Lipinski definition) is 3. The van der Waals surface area contributed by atoms with E-state index in [1.807, 2.05) is 37.0 Å². The van der Waals surface area contributed by atoms with E-state index in [1.54, 1.807) is 0 Å². The number of aromatic nitrogens is 1. The molecule has 0 saturated heterocycles. The highest BCUT2D eigenvalue weighted by Gasteiger charge is 1.92. The average Bonchev–Trinajstić information content (AvgIpc) is 2.26. The van der Waals surface area contributed by atoms with Crippen LogP contribution in [0.15, 0.2) is 31.0 Å². The molecule has 0 aliphatic heterocycles. The normalized spacial score (nSPS) is 10.2. The molecule has 3 heteroatoms. The second-order valence-corrected chi connectivity index (χ2v) is 4.50. The minimum Gasteiger partial charge on any atom is -0.312 e. The zero-order valence-corrected chi connectivity index (χ0v) is 10.0. The number of nitrogens with zero attached hydrogens (tertiary/aromatic N) is 1. The molecular formula is C12H18N2S. The molecule has 0 unspecified atom stereocenters. The maximum atomic E-state index is 4.25. The predicted octanol–water partition coefficient (Wildman–Crippen LogP) is 2.40. The van der Waals surface area contributed by atoms with Crippen LogP contribution in [-0.2, 0) is 6.54 Å². The van der Waals surface area contributed by atoms with Crippen LogP contribution in [0.4, 0.5) is 0 Å². The van der Waals surface area contributed by atoms with Crippen LogP contribution in [0.1, 0.15) is 11.3 Å². The molecule has 0 fully saturated rings. The maximum Gasteiger partial charge on any atom is 0.0372 e.